The molecule has 0 aliphatic heterocycles. The van der Waals surface area contributed by atoms with Crippen molar-refractivity contribution >= 4 is 17.7 Å². The standard InChI is InChI=1S/C13H23N5OS/c1-9-15-12(18-17-9)20-8-4-3-7-13(2,11(14)19)16-10-5-6-10/h10,16H,3-8H2,1-2H3,(H2,14,19)(H,15,17,18). The molecule has 1 fully saturated rings. The molecule has 0 spiro atoms. The highest BCUT2D eigenvalue weighted by molar-refractivity contribution is 7.99. The number of primary amides is 1. The van der Waals surface area contributed by atoms with Gasteiger partial charge in [0.1, 0.15) is 5.82 Å². The lowest BCUT2D eigenvalue weighted by Gasteiger charge is -2.27. The van der Waals surface area contributed by atoms with Gasteiger partial charge in [0, 0.05) is 11.8 Å². The van der Waals surface area contributed by atoms with E-state index in [1.165, 1.54) is 0 Å². The second-order valence-electron chi connectivity index (χ2n) is 5.62. The molecule has 1 aromatic rings. The molecule has 0 radical (unpaired) electrons. The number of nitrogens with two attached hydrogens (primary N) is 1. The molecule has 4 N–H and O–H groups in total. The fourth-order valence-electron chi connectivity index (χ4n) is 2.08. The molecular formula is C13H23N5OS. The fourth-order valence-corrected chi connectivity index (χ4v) is 2.92. The van der Waals surface area contributed by atoms with Gasteiger partial charge in [-0.2, -0.15) is 0 Å². The lowest BCUT2D eigenvalue weighted by atomic mass is 9.94. The third-order valence-corrected chi connectivity index (χ3v) is 4.46. The number of hydrogen-bond acceptors (Lipinski definition) is 5. The van der Waals surface area contributed by atoms with E-state index in [1.54, 1.807) is 11.8 Å². The average Bonchev–Trinajstić information content (AvgIpc) is 3.09. The van der Waals surface area contributed by atoms with Crippen LogP contribution in [0.5, 0.6) is 0 Å². The number of aryl methyl sites for hydroxylation is 1. The van der Waals surface area contributed by atoms with Gasteiger partial charge < -0.3 is 11.1 Å². The summed E-state index contributed by atoms with van der Waals surface area (Å²) in [6.45, 7) is 3.80. The van der Waals surface area contributed by atoms with Gasteiger partial charge in [0.05, 0.1) is 5.54 Å². The Hall–Kier alpha value is -1.08. The van der Waals surface area contributed by atoms with Crippen molar-refractivity contribution in [2.75, 3.05) is 5.75 Å². The maximum absolute atomic E-state index is 11.6. The number of thioether (sulfide) groups is 1. The summed E-state index contributed by atoms with van der Waals surface area (Å²) in [6, 6.07) is 0.484. The lowest BCUT2D eigenvalue weighted by molar-refractivity contribution is -0.124. The Morgan fingerprint density at radius 3 is 2.85 bits per heavy atom. The summed E-state index contributed by atoms with van der Waals surface area (Å²) >= 11 is 1.64. The molecule has 0 bridgehead atoms. The van der Waals surface area contributed by atoms with Gasteiger partial charge in [-0.1, -0.05) is 18.2 Å². The van der Waals surface area contributed by atoms with Crippen molar-refractivity contribution in [1.82, 2.24) is 20.5 Å². The summed E-state index contributed by atoms with van der Waals surface area (Å²) in [6.07, 6.45) is 5.08. The first-order valence-electron chi connectivity index (χ1n) is 7.09. The van der Waals surface area contributed by atoms with E-state index < -0.39 is 5.54 Å². The molecule has 1 aromatic heterocycles. The Morgan fingerprint density at radius 1 is 1.55 bits per heavy atom. The maximum atomic E-state index is 11.6. The fraction of sp³-hybridized carbons (Fsp3) is 0.769. The minimum atomic E-state index is -0.562. The van der Waals surface area contributed by atoms with Crippen LogP contribution in [-0.4, -0.2) is 38.4 Å². The Balaban J connectivity index is 1.66. The minimum Gasteiger partial charge on any atom is -0.368 e. The van der Waals surface area contributed by atoms with Gasteiger partial charge in [-0.3, -0.25) is 9.89 Å². The van der Waals surface area contributed by atoms with E-state index in [2.05, 4.69) is 20.5 Å². The SMILES string of the molecule is Cc1nc(SCCCCC(C)(NC2CC2)C(N)=O)n[nH]1. The molecule has 2 rings (SSSR count). The molecule has 0 aromatic carbocycles. The van der Waals surface area contributed by atoms with E-state index >= 15 is 0 Å². The molecule has 0 saturated heterocycles. The number of unbranched alkanes of at least 4 members (excludes halogenated alkanes) is 1. The second-order valence-corrected chi connectivity index (χ2v) is 6.69. The van der Waals surface area contributed by atoms with Crippen LogP contribution in [0, 0.1) is 6.92 Å². The number of H-pyrrole nitrogens is 1. The third kappa shape index (κ3) is 4.49. The van der Waals surface area contributed by atoms with E-state index in [0.717, 1.165) is 48.8 Å². The monoisotopic (exact) mass is 297 g/mol. The van der Waals surface area contributed by atoms with Crippen LogP contribution in [0.1, 0.15) is 44.9 Å². The molecular weight excluding hydrogens is 274 g/mol. The predicted molar refractivity (Wildman–Crippen MR) is 79.5 cm³/mol. The summed E-state index contributed by atoms with van der Waals surface area (Å²) in [7, 11) is 0. The molecule has 1 heterocycles. The zero-order valence-corrected chi connectivity index (χ0v) is 12.9. The first-order valence-corrected chi connectivity index (χ1v) is 8.07. The van der Waals surface area contributed by atoms with Crippen molar-refractivity contribution in [2.45, 2.75) is 62.7 Å². The topological polar surface area (TPSA) is 96.7 Å². The third-order valence-electron chi connectivity index (χ3n) is 3.52. The number of amides is 1. The molecule has 6 nitrogen and oxygen atoms in total. The van der Waals surface area contributed by atoms with Gasteiger partial charge in [-0.05, 0) is 39.5 Å². The molecule has 20 heavy (non-hydrogen) atoms. The minimum absolute atomic E-state index is 0.248. The Labute approximate surface area is 123 Å². The number of nitrogens with zero attached hydrogens (tertiary/aromatic N) is 2. The van der Waals surface area contributed by atoms with Crippen molar-refractivity contribution in [1.29, 1.82) is 0 Å². The van der Waals surface area contributed by atoms with Gasteiger partial charge in [0.15, 0.2) is 0 Å². The molecule has 7 heteroatoms. The summed E-state index contributed by atoms with van der Waals surface area (Å²) in [5.41, 5.74) is 4.96. The Bertz CT molecular complexity index is 459. The van der Waals surface area contributed by atoms with Crippen LogP contribution in [0.25, 0.3) is 0 Å². The van der Waals surface area contributed by atoms with Crippen LogP contribution in [-0.2, 0) is 4.79 Å². The Kier molecular flexibility index (Phi) is 5.04. The van der Waals surface area contributed by atoms with E-state index in [4.69, 9.17) is 5.73 Å². The molecule has 1 atom stereocenters. The van der Waals surface area contributed by atoms with Gasteiger partial charge in [0.25, 0.3) is 0 Å². The number of hydrogen-bond donors (Lipinski definition) is 3. The summed E-state index contributed by atoms with van der Waals surface area (Å²) in [5.74, 6) is 1.54. The normalized spacial score (nSPS) is 17.9. The van der Waals surface area contributed by atoms with E-state index in [0.29, 0.717) is 6.04 Å². The van der Waals surface area contributed by atoms with Crippen molar-refractivity contribution in [2.24, 2.45) is 5.73 Å². The summed E-state index contributed by atoms with van der Waals surface area (Å²) < 4.78 is 0. The number of carbonyl (C=O) groups is 1. The number of nitrogens with one attached hydrogen (secondary N) is 2. The molecule has 1 amide bonds. The highest BCUT2D eigenvalue weighted by atomic mass is 32.2. The average molecular weight is 297 g/mol. The van der Waals surface area contributed by atoms with E-state index in [1.807, 2.05) is 13.8 Å². The second kappa shape index (κ2) is 6.58. The van der Waals surface area contributed by atoms with E-state index in [9.17, 15) is 4.79 Å². The largest absolute Gasteiger partial charge is 0.368 e. The van der Waals surface area contributed by atoms with Crippen LogP contribution in [0.4, 0.5) is 0 Å². The van der Waals surface area contributed by atoms with Crippen LogP contribution in [0.15, 0.2) is 5.16 Å². The number of rotatable bonds is 9. The van der Waals surface area contributed by atoms with E-state index in [-0.39, 0.29) is 5.91 Å². The van der Waals surface area contributed by atoms with Gasteiger partial charge >= 0.3 is 0 Å². The quantitative estimate of drug-likeness (QED) is 0.472. The number of aromatic nitrogens is 3. The first kappa shape index (κ1) is 15.3. The number of aromatic amines is 1. The predicted octanol–water partition coefficient (Wildman–Crippen LogP) is 1.37. The molecule has 112 valence electrons. The number of carbonyl (C=O) groups excluding carboxylic acids is 1. The van der Waals surface area contributed by atoms with Crippen LogP contribution in [0.3, 0.4) is 0 Å². The lowest BCUT2D eigenvalue weighted by Crippen LogP contribution is -2.53. The molecule has 1 aliphatic rings. The molecule has 1 saturated carbocycles. The maximum Gasteiger partial charge on any atom is 0.237 e. The van der Waals surface area contributed by atoms with Gasteiger partial charge in [-0.15, -0.1) is 5.10 Å². The van der Waals surface area contributed by atoms with Crippen LogP contribution < -0.4 is 11.1 Å². The first-order chi connectivity index (χ1) is 9.49. The molecule has 1 aliphatic carbocycles. The van der Waals surface area contributed by atoms with Crippen LogP contribution >= 0.6 is 11.8 Å². The summed E-state index contributed by atoms with van der Waals surface area (Å²) in [4.78, 5) is 15.8. The van der Waals surface area contributed by atoms with Crippen LogP contribution in [0.2, 0.25) is 0 Å². The molecule has 1 unspecified atom stereocenters. The zero-order valence-electron chi connectivity index (χ0n) is 12.1. The summed E-state index contributed by atoms with van der Waals surface area (Å²) in [5, 5.41) is 11.1. The van der Waals surface area contributed by atoms with Gasteiger partial charge in [-0.25, -0.2) is 4.98 Å². The van der Waals surface area contributed by atoms with Crippen molar-refractivity contribution < 1.29 is 4.79 Å². The highest BCUT2D eigenvalue weighted by Gasteiger charge is 2.36. The Morgan fingerprint density at radius 2 is 2.30 bits per heavy atom. The highest BCUT2D eigenvalue weighted by Crippen LogP contribution is 2.25. The van der Waals surface area contributed by atoms with Crippen molar-refractivity contribution in [3.63, 3.8) is 0 Å². The smallest absolute Gasteiger partial charge is 0.237 e. The zero-order chi connectivity index (χ0) is 14.6. The van der Waals surface area contributed by atoms with Crippen molar-refractivity contribution in [3.8, 4) is 0 Å². The van der Waals surface area contributed by atoms with Crippen molar-refractivity contribution in [3.05, 3.63) is 5.82 Å². The van der Waals surface area contributed by atoms with Gasteiger partial charge in [0.2, 0.25) is 11.1 Å².